The average molecular weight is 330 g/mol. The highest BCUT2D eigenvalue weighted by atomic mass is 79.9. The van der Waals surface area contributed by atoms with Crippen LogP contribution in [-0.2, 0) is 0 Å². The molecule has 3 heteroatoms. The number of thiophene rings is 1. The molecule has 1 aliphatic carbocycles. The van der Waals surface area contributed by atoms with E-state index in [4.69, 9.17) is 0 Å². The van der Waals surface area contributed by atoms with Crippen LogP contribution in [-0.4, -0.2) is 7.05 Å². The molecule has 0 bridgehead atoms. The number of rotatable bonds is 3. The molecule has 1 fully saturated rings. The molecule has 0 radical (unpaired) electrons. The molecule has 0 spiro atoms. The van der Waals surface area contributed by atoms with Gasteiger partial charge in [0.05, 0.1) is 0 Å². The Kier molecular flexibility index (Phi) is 5.71. The lowest BCUT2D eigenvalue weighted by Gasteiger charge is -2.27. The normalized spacial score (nSPS) is 20.4. The van der Waals surface area contributed by atoms with Gasteiger partial charge in [-0.2, -0.15) is 0 Å². The van der Waals surface area contributed by atoms with Gasteiger partial charge in [0, 0.05) is 20.3 Å². The van der Waals surface area contributed by atoms with Crippen LogP contribution < -0.4 is 5.32 Å². The fraction of sp³-hybridized carbons (Fsp3) is 0.733. The molecule has 102 valence electrons. The molecular weight excluding hydrogens is 306 g/mol. The van der Waals surface area contributed by atoms with Crippen molar-refractivity contribution >= 4 is 27.3 Å². The van der Waals surface area contributed by atoms with E-state index in [9.17, 15) is 0 Å². The van der Waals surface area contributed by atoms with Crippen molar-refractivity contribution in [2.75, 3.05) is 7.05 Å². The summed E-state index contributed by atoms with van der Waals surface area (Å²) in [6.45, 7) is 2.20. The fourth-order valence-electron chi connectivity index (χ4n) is 3.07. The third-order valence-electron chi connectivity index (χ3n) is 4.12. The average Bonchev–Trinajstić information content (AvgIpc) is 2.62. The van der Waals surface area contributed by atoms with E-state index in [1.165, 1.54) is 59.2 Å². The van der Waals surface area contributed by atoms with Crippen LogP contribution in [0.3, 0.4) is 0 Å². The predicted octanol–water partition coefficient (Wildman–Crippen LogP) is 5.44. The minimum atomic E-state index is 0.554. The zero-order chi connectivity index (χ0) is 13.0. The molecule has 18 heavy (non-hydrogen) atoms. The van der Waals surface area contributed by atoms with Crippen LogP contribution in [0.25, 0.3) is 0 Å². The van der Waals surface area contributed by atoms with Gasteiger partial charge in [0.2, 0.25) is 0 Å². The summed E-state index contributed by atoms with van der Waals surface area (Å²) in [5.41, 5.74) is 0. The second kappa shape index (κ2) is 7.06. The van der Waals surface area contributed by atoms with E-state index >= 15 is 0 Å². The van der Waals surface area contributed by atoms with E-state index < -0.39 is 0 Å². The molecule has 0 saturated heterocycles. The predicted molar refractivity (Wildman–Crippen MR) is 84.4 cm³/mol. The Morgan fingerprint density at radius 1 is 1.22 bits per heavy atom. The number of hydrogen-bond donors (Lipinski definition) is 1. The largest absolute Gasteiger partial charge is 0.312 e. The van der Waals surface area contributed by atoms with Gasteiger partial charge in [0.15, 0.2) is 0 Å². The second-order valence-electron chi connectivity index (χ2n) is 5.42. The number of aryl methyl sites for hydroxylation is 1. The van der Waals surface area contributed by atoms with Crippen LogP contribution >= 0.6 is 27.3 Å². The summed E-state index contributed by atoms with van der Waals surface area (Å²) in [4.78, 5) is 2.91. The summed E-state index contributed by atoms with van der Waals surface area (Å²) in [5.74, 6) is 0.820. The quantitative estimate of drug-likeness (QED) is 0.778. The maximum absolute atomic E-state index is 3.65. The highest BCUT2D eigenvalue weighted by Crippen LogP contribution is 2.38. The van der Waals surface area contributed by atoms with Crippen molar-refractivity contribution in [2.45, 2.75) is 57.9 Å². The molecule has 1 saturated carbocycles. The molecule has 1 aliphatic rings. The van der Waals surface area contributed by atoms with Crippen molar-refractivity contribution in [1.29, 1.82) is 0 Å². The van der Waals surface area contributed by atoms with Crippen molar-refractivity contribution in [1.82, 2.24) is 5.32 Å². The molecule has 1 heterocycles. The van der Waals surface area contributed by atoms with Gasteiger partial charge < -0.3 is 5.32 Å². The Morgan fingerprint density at radius 2 is 1.83 bits per heavy atom. The monoisotopic (exact) mass is 329 g/mol. The van der Waals surface area contributed by atoms with Crippen molar-refractivity contribution in [3.63, 3.8) is 0 Å². The van der Waals surface area contributed by atoms with Crippen molar-refractivity contribution in [2.24, 2.45) is 5.92 Å². The molecule has 0 amide bonds. The first-order valence-corrected chi connectivity index (χ1v) is 8.76. The van der Waals surface area contributed by atoms with Crippen LogP contribution in [0.1, 0.15) is 60.7 Å². The molecule has 0 aromatic carbocycles. The standard InChI is InChI=1S/C15H24BrNS/c1-11-13(16)10-14(18-11)15(17-2)12-8-6-4-3-5-7-9-12/h10,12,15,17H,3-9H2,1-2H3. The van der Waals surface area contributed by atoms with Gasteiger partial charge in [-0.15, -0.1) is 11.3 Å². The highest BCUT2D eigenvalue weighted by Gasteiger charge is 2.24. The van der Waals surface area contributed by atoms with Gasteiger partial charge in [-0.25, -0.2) is 0 Å². The van der Waals surface area contributed by atoms with E-state index in [2.05, 4.69) is 41.3 Å². The van der Waals surface area contributed by atoms with Crippen LogP contribution in [0.5, 0.6) is 0 Å². The molecule has 1 aromatic heterocycles. The smallest absolute Gasteiger partial charge is 0.0441 e. The molecule has 1 unspecified atom stereocenters. The SMILES string of the molecule is CNC(c1cc(Br)c(C)s1)C1CCCCCCC1. The zero-order valence-corrected chi connectivity index (χ0v) is 13.9. The topological polar surface area (TPSA) is 12.0 Å². The summed E-state index contributed by atoms with van der Waals surface area (Å²) in [5, 5.41) is 3.57. The van der Waals surface area contributed by atoms with Crippen LogP contribution in [0.15, 0.2) is 10.5 Å². The lowest BCUT2D eigenvalue weighted by atomic mass is 9.85. The molecule has 1 atom stereocenters. The third kappa shape index (κ3) is 3.58. The molecule has 0 aliphatic heterocycles. The first-order chi connectivity index (χ1) is 8.72. The van der Waals surface area contributed by atoms with Gasteiger partial charge in [-0.05, 0) is 54.7 Å². The van der Waals surface area contributed by atoms with Gasteiger partial charge in [-0.1, -0.05) is 32.1 Å². The summed E-state index contributed by atoms with van der Waals surface area (Å²) in [7, 11) is 2.12. The third-order valence-corrected chi connectivity index (χ3v) is 6.33. The van der Waals surface area contributed by atoms with E-state index in [0.29, 0.717) is 6.04 Å². The lowest BCUT2D eigenvalue weighted by Crippen LogP contribution is -2.25. The minimum Gasteiger partial charge on any atom is -0.312 e. The molecule has 1 N–H and O–H groups in total. The van der Waals surface area contributed by atoms with E-state index in [0.717, 1.165) is 5.92 Å². The highest BCUT2D eigenvalue weighted by molar-refractivity contribution is 9.10. The van der Waals surface area contributed by atoms with Crippen LogP contribution in [0.4, 0.5) is 0 Å². The Morgan fingerprint density at radius 3 is 2.33 bits per heavy atom. The van der Waals surface area contributed by atoms with Crippen LogP contribution in [0, 0.1) is 12.8 Å². The summed E-state index contributed by atoms with van der Waals surface area (Å²) >= 11 is 5.59. The van der Waals surface area contributed by atoms with Gasteiger partial charge in [0.25, 0.3) is 0 Å². The molecule has 2 rings (SSSR count). The van der Waals surface area contributed by atoms with Gasteiger partial charge in [0.1, 0.15) is 0 Å². The molecular formula is C15H24BrNS. The second-order valence-corrected chi connectivity index (χ2v) is 7.57. The Bertz CT molecular complexity index is 347. The lowest BCUT2D eigenvalue weighted by molar-refractivity contribution is 0.302. The maximum atomic E-state index is 3.65. The Balaban J connectivity index is 2.10. The summed E-state index contributed by atoms with van der Waals surface area (Å²) in [6, 6.07) is 2.87. The summed E-state index contributed by atoms with van der Waals surface area (Å²) in [6.07, 6.45) is 9.91. The van der Waals surface area contributed by atoms with E-state index in [1.807, 2.05) is 11.3 Å². The fourth-order valence-corrected chi connectivity index (χ4v) is 4.83. The first-order valence-electron chi connectivity index (χ1n) is 7.15. The van der Waals surface area contributed by atoms with Crippen LogP contribution in [0.2, 0.25) is 0 Å². The van der Waals surface area contributed by atoms with Crippen molar-refractivity contribution in [3.05, 3.63) is 20.3 Å². The number of hydrogen-bond acceptors (Lipinski definition) is 2. The molecule has 1 nitrogen and oxygen atoms in total. The molecule has 1 aromatic rings. The van der Waals surface area contributed by atoms with E-state index in [-0.39, 0.29) is 0 Å². The Labute approximate surface area is 123 Å². The van der Waals surface area contributed by atoms with Crippen molar-refractivity contribution < 1.29 is 0 Å². The Hall–Kier alpha value is 0.140. The van der Waals surface area contributed by atoms with Crippen molar-refractivity contribution in [3.8, 4) is 0 Å². The van der Waals surface area contributed by atoms with Gasteiger partial charge >= 0.3 is 0 Å². The van der Waals surface area contributed by atoms with Gasteiger partial charge in [-0.3, -0.25) is 0 Å². The zero-order valence-electron chi connectivity index (χ0n) is 11.5. The summed E-state index contributed by atoms with van der Waals surface area (Å²) < 4.78 is 1.27. The number of nitrogens with one attached hydrogen (secondary N) is 1. The number of halogens is 1. The van der Waals surface area contributed by atoms with E-state index in [1.54, 1.807) is 0 Å². The minimum absolute atomic E-state index is 0.554. The maximum Gasteiger partial charge on any atom is 0.0441 e. The first kappa shape index (κ1) is 14.5.